The molecule has 3 aromatic carbocycles. The molecule has 3 heterocycles. The van der Waals surface area contributed by atoms with Crippen LogP contribution in [0.2, 0.25) is 0 Å². The van der Waals surface area contributed by atoms with Gasteiger partial charge in [0.2, 0.25) is 11.8 Å². The van der Waals surface area contributed by atoms with E-state index in [-0.39, 0.29) is 43.6 Å². The Morgan fingerprint density at radius 2 is 1.84 bits per heavy atom. The molecule has 3 aliphatic rings. The zero-order chi connectivity index (χ0) is 30.8. The molecule has 226 valence electrons. The number of aryl methyl sites for hydroxylation is 1. The van der Waals surface area contributed by atoms with Crippen molar-refractivity contribution in [1.82, 2.24) is 15.1 Å². The maximum absolute atomic E-state index is 15.2. The Bertz CT molecular complexity index is 1660. The van der Waals surface area contributed by atoms with Gasteiger partial charge in [-0.25, -0.2) is 4.39 Å². The van der Waals surface area contributed by atoms with E-state index in [2.05, 4.69) is 28.1 Å². The summed E-state index contributed by atoms with van der Waals surface area (Å²) in [4.78, 5) is 43.2. The number of nitrogens with one attached hydrogen (secondary N) is 1. The highest BCUT2D eigenvalue weighted by Crippen LogP contribution is 2.34. The van der Waals surface area contributed by atoms with E-state index in [9.17, 15) is 19.6 Å². The molecule has 3 aliphatic heterocycles. The maximum Gasteiger partial charge on any atom is 0.255 e. The van der Waals surface area contributed by atoms with Gasteiger partial charge in [-0.15, -0.1) is 0 Å². The van der Waals surface area contributed by atoms with Crippen LogP contribution in [0.3, 0.4) is 0 Å². The number of carbonyl (C=O) groups excluding carboxylic acids is 3. The number of fused-ring (bicyclic) bond motifs is 1. The van der Waals surface area contributed by atoms with Crippen LogP contribution in [0.25, 0.3) is 0 Å². The van der Waals surface area contributed by atoms with Crippen LogP contribution in [-0.2, 0) is 35.7 Å². The Morgan fingerprint density at radius 3 is 2.57 bits per heavy atom. The number of piperidine rings is 1. The molecule has 2 saturated heterocycles. The van der Waals surface area contributed by atoms with Crippen LogP contribution in [0, 0.1) is 17.1 Å². The molecule has 0 saturated carbocycles. The van der Waals surface area contributed by atoms with Crippen LogP contribution in [0.5, 0.6) is 5.75 Å². The van der Waals surface area contributed by atoms with Crippen LogP contribution >= 0.6 is 0 Å². The number of amides is 3. The third-order valence-corrected chi connectivity index (χ3v) is 8.75. The summed E-state index contributed by atoms with van der Waals surface area (Å²) in [6, 6.07) is 17.8. The summed E-state index contributed by atoms with van der Waals surface area (Å²) < 4.78 is 21.2. The molecule has 1 N–H and O–H groups in total. The first-order valence-corrected chi connectivity index (χ1v) is 15.0. The molecule has 0 spiro atoms. The zero-order valence-corrected chi connectivity index (χ0v) is 24.6. The molecule has 0 aromatic heterocycles. The number of nitriles is 1. The molecule has 3 aromatic rings. The van der Waals surface area contributed by atoms with Gasteiger partial charge >= 0.3 is 0 Å². The first-order valence-electron chi connectivity index (χ1n) is 15.0. The molecular formula is C34H34FN5O4. The van der Waals surface area contributed by atoms with Gasteiger partial charge in [0.05, 0.1) is 18.2 Å². The third-order valence-electron chi connectivity index (χ3n) is 8.75. The van der Waals surface area contributed by atoms with E-state index in [1.54, 1.807) is 30.3 Å². The SMILES string of the molecule is CCc1cc(C#N)ccc1N1CCN(Cc2ccc(COc3cccc4c3CN(C3CCC(=O)NC3=O)C4=O)c(F)c2)CC1. The van der Waals surface area contributed by atoms with Crippen molar-refractivity contribution >= 4 is 23.4 Å². The first kappa shape index (κ1) is 29.3. The number of rotatable bonds is 8. The summed E-state index contributed by atoms with van der Waals surface area (Å²) in [5, 5.41) is 11.5. The lowest BCUT2D eigenvalue weighted by molar-refractivity contribution is -0.136. The summed E-state index contributed by atoms with van der Waals surface area (Å²) in [5.41, 5.74) is 5.45. The topological polar surface area (TPSA) is 106 Å². The van der Waals surface area contributed by atoms with Crippen LogP contribution in [0.15, 0.2) is 54.6 Å². The zero-order valence-electron chi connectivity index (χ0n) is 24.6. The van der Waals surface area contributed by atoms with E-state index >= 15 is 4.39 Å². The highest BCUT2D eigenvalue weighted by molar-refractivity contribution is 6.05. The number of hydrogen-bond donors (Lipinski definition) is 1. The van der Waals surface area contributed by atoms with Gasteiger partial charge in [0.15, 0.2) is 0 Å². The summed E-state index contributed by atoms with van der Waals surface area (Å²) in [5.74, 6) is -0.953. The Hall–Kier alpha value is -4.75. The minimum Gasteiger partial charge on any atom is -0.488 e. The fraction of sp³-hybridized carbons (Fsp3) is 0.353. The number of hydrogen-bond acceptors (Lipinski definition) is 7. The molecule has 2 fully saturated rings. The highest BCUT2D eigenvalue weighted by Gasteiger charge is 2.40. The second-order valence-corrected chi connectivity index (χ2v) is 11.5. The number of benzene rings is 3. The lowest BCUT2D eigenvalue weighted by atomic mass is 10.0. The summed E-state index contributed by atoms with van der Waals surface area (Å²) >= 11 is 0. The first-order chi connectivity index (χ1) is 21.3. The second kappa shape index (κ2) is 12.5. The van der Waals surface area contributed by atoms with Crippen molar-refractivity contribution in [2.45, 2.75) is 51.9 Å². The average molecular weight is 596 g/mol. The Morgan fingerprint density at radius 1 is 1.02 bits per heavy atom. The predicted molar refractivity (Wildman–Crippen MR) is 161 cm³/mol. The van der Waals surface area contributed by atoms with Gasteiger partial charge < -0.3 is 14.5 Å². The Kier molecular flexibility index (Phi) is 8.31. The maximum atomic E-state index is 15.2. The molecule has 0 bridgehead atoms. The molecule has 10 heteroatoms. The van der Waals surface area contributed by atoms with E-state index in [4.69, 9.17) is 4.74 Å². The Labute approximate surface area is 255 Å². The highest BCUT2D eigenvalue weighted by atomic mass is 19.1. The van der Waals surface area contributed by atoms with E-state index in [0.717, 1.165) is 38.2 Å². The van der Waals surface area contributed by atoms with E-state index in [1.807, 2.05) is 24.3 Å². The minimum absolute atomic E-state index is 0.00178. The van der Waals surface area contributed by atoms with Crippen molar-refractivity contribution < 1.29 is 23.5 Å². The number of piperazine rings is 1. The van der Waals surface area contributed by atoms with Crippen LogP contribution < -0.4 is 15.0 Å². The average Bonchev–Trinajstić information content (AvgIpc) is 3.37. The van der Waals surface area contributed by atoms with Crippen LogP contribution in [0.1, 0.15) is 57.9 Å². The molecular weight excluding hydrogens is 561 g/mol. The van der Waals surface area contributed by atoms with E-state index in [1.165, 1.54) is 16.2 Å². The van der Waals surface area contributed by atoms with Gasteiger partial charge in [-0.05, 0) is 60.4 Å². The lowest BCUT2D eigenvalue weighted by Crippen LogP contribution is -2.52. The monoisotopic (exact) mass is 595 g/mol. The summed E-state index contributed by atoms with van der Waals surface area (Å²) in [6.07, 6.45) is 1.33. The molecule has 6 rings (SSSR count). The number of carbonyl (C=O) groups is 3. The van der Waals surface area contributed by atoms with Gasteiger partial charge in [0.1, 0.15) is 24.2 Å². The van der Waals surface area contributed by atoms with Gasteiger partial charge in [-0.2, -0.15) is 5.26 Å². The third kappa shape index (κ3) is 5.88. The van der Waals surface area contributed by atoms with E-state index < -0.39 is 11.9 Å². The fourth-order valence-electron chi connectivity index (χ4n) is 6.31. The molecule has 1 atom stereocenters. The van der Waals surface area contributed by atoms with E-state index in [0.29, 0.717) is 34.5 Å². The number of imide groups is 1. The second-order valence-electron chi connectivity index (χ2n) is 11.5. The number of nitrogens with zero attached hydrogens (tertiary/aromatic N) is 4. The minimum atomic E-state index is -0.710. The van der Waals surface area contributed by atoms with Gasteiger partial charge in [0.25, 0.3) is 5.91 Å². The molecule has 0 aliphatic carbocycles. The lowest BCUT2D eigenvalue weighted by Gasteiger charge is -2.37. The number of anilines is 1. The molecule has 44 heavy (non-hydrogen) atoms. The summed E-state index contributed by atoms with van der Waals surface area (Å²) in [7, 11) is 0. The number of halogens is 1. The molecule has 1 unspecified atom stereocenters. The smallest absolute Gasteiger partial charge is 0.255 e. The van der Waals surface area contributed by atoms with Crippen LogP contribution in [-0.4, -0.2) is 59.7 Å². The number of ether oxygens (including phenoxy) is 1. The van der Waals surface area contributed by atoms with Crippen molar-refractivity contribution in [1.29, 1.82) is 5.26 Å². The van der Waals surface area contributed by atoms with Crippen molar-refractivity contribution in [3.05, 3.63) is 93.8 Å². The predicted octanol–water partition coefficient (Wildman–Crippen LogP) is 3.92. The standard InChI is InChI=1S/C34H34FN5O4/c1-2-24-16-22(18-36)7-9-29(24)39-14-12-38(13-15-39)19-23-6-8-25(28(35)17-23)21-44-31-5-3-4-26-27(31)20-40(34(26)43)30-10-11-32(41)37-33(30)42/h3-9,16-17,30H,2,10-15,19-21H2,1H3,(H,37,41,42). The quantitative estimate of drug-likeness (QED) is 0.394. The van der Waals surface area contributed by atoms with Crippen molar-refractivity contribution in [2.75, 3.05) is 31.1 Å². The van der Waals surface area contributed by atoms with Gasteiger partial charge in [0, 0.05) is 61.5 Å². The normalized spacial score (nSPS) is 18.7. The summed E-state index contributed by atoms with van der Waals surface area (Å²) in [6.45, 7) is 6.35. The molecule has 0 radical (unpaired) electrons. The van der Waals surface area contributed by atoms with Gasteiger partial charge in [-0.1, -0.05) is 25.1 Å². The molecule has 3 amide bonds. The van der Waals surface area contributed by atoms with Crippen molar-refractivity contribution in [3.8, 4) is 11.8 Å². The van der Waals surface area contributed by atoms with Crippen LogP contribution in [0.4, 0.5) is 10.1 Å². The largest absolute Gasteiger partial charge is 0.488 e. The molecule has 9 nitrogen and oxygen atoms in total. The van der Waals surface area contributed by atoms with Crippen molar-refractivity contribution in [2.24, 2.45) is 0 Å². The fourth-order valence-corrected chi connectivity index (χ4v) is 6.31. The van der Waals surface area contributed by atoms with Crippen molar-refractivity contribution in [3.63, 3.8) is 0 Å². The van der Waals surface area contributed by atoms with Gasteiger partial charge in [-0.3, -0.25) is 24.6 Å². The Balaban J connectivity index is 1.05.